The molecule has 3 amide bonds. The van der Waals surface area contributed by atoms with Crippen molar-refractivity contribution in [1.82, 2.24) is 4.31 Å². The molecule has 0 spiro atoms. The fourth-order valence-corrected chi connectivity index (χ4v) is 5.27. The monoisotopic (exact) mass is 588 g/mol. The number of aromatic carboxylic acids is 1. The number of carboxylic acids is 2. The van der Waals surface area contributed by atoms with E-state index in [0.717, 1.165) is 29.5 Å². The first-order chi connectivity index (χ1) is 19.2. The van der Waals surface area contributed by atoms with Crippen LogP contribution in [0.4, 0.5) is 11.4 Å². The summed E-state index contributed by atoms with van der Waals surface area (Å²) >= 11 is 0. The number of sulfonamides is 1. The van der Waals surface area contributed by atoms with Crippen LogP contribution in [0.25, 0.3) is 6.08 Å². The Kier molecular flexibility index (Phi) is 11.3. The molecule has 0 saturated heterocycles. The highest BCUT2D eigenvalue weighted by atomic mass is 32.2. The van der Waals surface area contributed by atoms with Crippen molar-refractivity contribution in [2.45, 2.75) is 38.6 Å². The number of nitrogens with two attached hydrogens (primary N) is 2. The number of primary amides is 2. The molecule has 0 aromatic heterocycles. The maximum absolute atomic E-state index is 12.9. The Balaban J connectivity index is 2.74. The second kappa shape index (κ2) is 14.2. The van der Waals surface area contributed by atoms with E-state index in [1.54, 1.807) is 0 Å². The Morgan fingerprint density at radius 3 is 2.17 bits per heavy atom. The van der Waals surface area contributed by atoms with Crippen molar-refractivity contribution in [3.63, 3.8) is 0 Å². The summed E-state index contributed by atoms with van der Waals surface area (Å²) in [5, 5.41) is 19.2. The Morgan fingerprint density at radius 2 is 1.63 bits per heavy atom. The highest BCUT2D eigenvalue weighted by molar-refractivity contribution is 7.88. The zero-order valence-electron chi connectivity index (χ0n) is 22.5. The molecule has 220 valence electrons. The predicted octanol–water partition coefficient (Wildman–Crippen LogP) is 1.48. The molecular weight excluding hydrogens is 556 g/mol. The number of benzene rings is 2. The summed E-state index contributed by atoms with van der Waals surface area (Å²) < 4.78 is 26.1. The van der Waals surface area contributed by atoms with Gasteiger partial charge in [-0.2, -0.15) is 4.31 Å². The van der Waals surface area contributed by atoms with Gasteiger partial charge in [0.05, 0.1) is 23.2 Å². The summed E-state index contributed by atoms with van der Waals surface area (Å²) in [6.07, 6.45) is 4.93. The Bertz CT molecular complexity index is 1470. The number of carbonyl (C=O) groups excluding carboxylic acids is 3. The van der Waals surface area contributed by atoms with Crippen LogP contribution in [0.5, 0.6) is 0 Å². The van der Waals surface area contributed by atoms with Crippen LogP contribution in [0.2, 0.25) is 0 Å². The molecule has 41 heavy (non-hydrogen) atoms. The van der Waals surface area contributed by atoms with Crippen molar-refractivity contribution in [3.8, 4) is 0 Å². The maximum atomic E-state index is 12.9. The minimum Gasteiger partial charge on any atom is -0.478 e. The molecule has 0 aliphatic rings. The highest BCUT2D eigenvalue weighted by Crippen LogP contribution is 2.34. The van der Waals surface area contributed by atoms with Gasteiger partial charge in [0.1, 0.15) is 6.04 Å². The molecule has 0 heterocycles. The molecule has 2 aromatic carbocycles. The number of hydrogen-bond donors (Lipinski definition) is 4. The van der Waals surface area contributed by atoms with Crippen LogP contribution in [0.3, 0.4) is 0 Å². The van der Waals surface area contributed by atoms with Crippen molar-refractivity contribution < 1.29 is 42.6 Å². The standard InChI is InChI=1S/C27H32N4O9S/c1-3-4-7-14-30(41(2,39)40)22(24(29)33)16-17-10-12-20(18(15-17)11-13-23(28)32)31(25(34)27(37)38)21-9-6-5-8-19(21)26(35)36/h5-6,8-13,15,22H,3-4,7,14,16H2,1-2H3,(H2,28,32)(H2,29,33)(H,35,36)(H,37,38)/b13-11+/t22-/m0/s1. The van der Waals surface area contributed by atoms with E-state index in [1.807, 2.05) is 6.92 Å². The smallest absolute Gasteiger partial charge is 0.395 e. The third kappa shape index (κ3) is 8.71. The molecular formula is C27H32N4O9S. The molecule has 0 saturated carbocycles. The topological polar surface area (TPSA) is 218 Å². The van der Waals surface area contributed by atoms with E-state index in [9.17, 15) is 42.6 Å². The van der Waals surface area contributed by atoms with E-state index in [1.165, 1.54) is 48.5 Å². The van der Waals surface area contributed by atoms with Gasteiger partial charge in [-0.25, -0.2) is 18.0 Å². The lowest BCUT2D eigenvalue weighted by atomic mass is 9.99. The molecule has 2 rings (SSSR count). The van der Waals surface area contributed by atoms with Crippen LogP contribution >= 0.6 is 0 Å². The lowest BCUT2D eigenvalue weighted by molar-refractivity contribution is -0.148. The van der Waals surface area contributed by atoms with Gasteiger partial charge in [-0.1, -0.05) is 38.0 Å². The minimum absolute atomic E-state index is 0.0520. The number of rotatable bonds is 14. The maximum Gasteiger partial charge on any atom is 0.395 e. The summed E-state index contributed by atoms with van der Waals surface area (Å²) in [5.74, 6) is -6.58. The Hall–Kier alpha value is -4.56. The third-order valence-electron chi connectivity index (χ3n) is 6.03. The SMILES string of the molecule is CCCCCN([C@@H](Cc1ccc(N(C(=O)C(=O)O)c2ccccc2C(=O)O)c(/C=C/C(N)=O)c1)C(N)=O)S(C)(=O)=O. The zero-order chi connectivity index (χ0) is 30.9. The van der Waals surface area contributed by atoms with E-state index < -0.39 is 45.7 Å². The summed E-state index contributed by atoms with van der Waals surface area (Å²) in [6, 6.07) is 8.04. The molecule has 2 aromatic rings. The number of nitrogens with zero attached hydrogens (tertiary/aromatic N) is 2. The van der Waals surface area contributed by atoms with Crippen LogP contribution in [0, 0.1) is 0 Å². The normalized spacial score (nSPS) is 12.3. The van der Waals surface area contributed by atoms with Crippen molar-refractivity contribution in [2.75, 3.05) is 17.7 Å². The molecule has 0 unspecified atom stereocenters. The molecule has 6 N–H and O–H groups in total. The first-order valence-electron chi connectivity index (χ1n) is 12.4. The Morgan fingerprint density at radius 1 is 0.976 bits per heavy atom. The van der Waals surface area contributed by atoms with E-state index >= 15 is 0 Å². The van der Waals surface area contributed by atoms with Crippen LogP contribution < -0.4 is 16.4 Å². The first-order valence-corrected chi connectivity index (χ1v) is 14.3. The van der Waals surface area contributed by atoms with Crippen LogP contribution in [-0.4, -0.2) is 71.4 Å². The van der Waals surface area contributed by atoms with E-state index in [-0.39, 0.29) is 35.5 Å². The second-order valence-corrected chi connectivity index (χ2v) is 11.0. The van der Waals surface area contributed by atoms with Crippen molar-refractivity contribution in [1.29, 1.82) is 0 Å². The summed E-state index contributed by atoms with van der Waals surface area (Å²) in [6.45, 7) is 1.99. The number of hydrogen-bond acceptors (Lipinski definition) is 7. The number of unbranched alkanes of at least 4 members (excludes halogenated alkanes) is 2. The first kappa shape index (κ1) is 32.7. The number of carbonyl (C=O) groups is 5. The van der Waals surface area contributed by atoms with Crippen LogP contribution in [-0.2, 0) is 35.6 Å². The Labute approximate surface area is 237 Å². The lowest BCUT2D eigenvalue weighted by Crippen LogP contribution is -2.49. The molecule has 0 aliphatic carbocycles. The summed E-state index contributed by atoms with van der Waals surface area (Å²) in [5.41, 5.74) is 10.5. The minimum atomic E-state index is -3.85. The van der Waals surface area contributed by atoms with Crippen molar-refractivity contribution >= 4 is 57.1 Å². The second-order valence-electron chi connectivity index (χ2n) is 9.10. The van der Waals surface area contributed by atoms with Crippen LogP contribution in [0.1, 0.15) is 47.7 Å². The molecule has 0 bridgehead atoms. The number of carboxylic acid groups (broad SMARTS) is 2. The molecule has 0 aliphatic heterocycles. The zero-order valence-corrected chi connectivity index (χ0v) is 23.3. The molecule has 14 heteroatoms. The number of amides is 3. The van der Waals surface area contributed by atoms with Gasteiger partial charge in [0.2, 0.25) is 21.8 Å². The number of anilines is 2. The van der Waals surface area contributed by atoms with Gasteiger partial charge < -0.3 is 21.7 Å². The van der Waals surface area contributed by atoms with Crippen molar-refractivity contribution in [2.24, 2.45) is 11.5 Å². The summed E-state index contributed by atoms with van der Waals surface area (Å²) in [7, 11) is -3.85. The molecule has 13 nitrogen and oxygen atoms in total. The van der Waals surface area contributed by atoms with Gasteiger partial charge in [-0.3, -0.25) is 19.3 Å². The lowest BCUT2D eigenvalue weighted by Gasteiger charge is -2.28. The number of para-hydroxylation sites is 1. The van der Waals surface area contributed by atoms with E-state index in [4.69, 9.17) is 11.5 Å². The van der Waals surface area contributed by atoms with Gasteiger partial charge in [-0.15, -0.1) is 0 Å². The highest BCUT2D eigenvalue weighted by Gasteiger charge is 2.32. The van der Waals surface area contributed by atoms with Gasteiger partial charge in [0.25, 0.3) is 0 Å². The van der Waals surface area contributed by atoms with Gasteiger partial charge in [-0.05, 0) is 54.3 Å². The quantitative estimate of drug-likeness (QED) is 0.142. The van der Waals surface area contributed by atoms with E-state index in [0.29, 0.717) is 16.9 Å². The molecule has 0 fully saturated rings. The van der Waals surface area contributed by atoms with Gasteiger partial charge in [0, 0.05) is 12.6 Å². The predicted molar refractivity (Wildman–Crippen MR) is 151 cm³/mol. The fraction of sp³-hybridized carbons (Fsp3) is 0.296. The molecule has 1 atom stereocenters. The van der Waals surface area contributed by atoms with E-state index in [2.05, 4.69) is 0 Å². The van der Waals surface area contributed by atoms with Crippen molar-refractivity contribution in [3.05, 3.63) is 65.2 Å². The fourth-order valence-electron chi connectivity index (χ4n) is 4.17. The summed E-state index contributed by atoms with van der Waals surface area (Å²) in [4.78, 5) is 61.1. The van der Waals surface area contributed by atoms with Crippen LogP contribution in [0.15, 0.2) is 48.5 Å². The average molecular weight is 589 g/mol. The third-order valence-corrected chi connectivity index (χ3v) is 7.32. The van der Waals surface area contributed by atoms with Gasteiger partial charge in [0.15, 0.2) is 0 Å². The number of aliphatic carboxylic acids is 1. The average Bonchev–Trinajstić information content (AvgIpc) is 2.89. The molecule has 0 radical (unpaired) electrons. The van der Waals surface area contributed by atoms with Gasteiger partial charge >= 0.3 is 17.8 Å². The largest absolute Gasteiger partial charge is 0.478 e.